The molecule has 0 bridgehead atoms. The minimum atomic E-state index is -0.242. The van der Waals surface area contributed by atoms with Crippen LogP contribution < -0.4 is 10.6 Å². The molecule has 1 saturated carbocycles. The van der Waals surface area contributed by atoms with Gasteiger partial charge in [-0.3, -0.25) is 0 Å². The highest BCUT2D eigenvalue weighted by Crippen LogP contribution is 2.25. The van der Waals surface area contributed by atoms with Gasteiger partial charge in [-0.25, -0.2) is 4.79 Å². The van der Waals surface area contributed by atoms with Crippen molar-refractivity contribution in [3.05, 3.63) is 41.1 Å². The average molecular weight is 279 g/mol. The van der Waals surface area contributed by atoms with Crippen molar-refractivity contribution in [3.63, 3.8) is 0 Å². The van der Waals surface area contributed by atoms with Crippen molar-refractivity contribution in [2.24, 2.45) is 5.92 Å². The Morgan fingerprint density at radius 3 is 2.79 bits per heavy atom. The molecule has 19 heavy (non-hydrogen) atoms. The summed E-state index contributed by atoms with van der Waals surface area (Å²) in [6, 6.07) is 5.22. The van der Waals surface area contributed by atoms with Gasteiger partial charge in [0.2, 0.25) is 0 Å². The lowest BCUT2D eigenvalue weighted by Crippen LogP contribution is -2.24. The summed E-state index contributed by atoms with van der Waals surface area (Å²) < 4.78 is 0. The van der Waals surface area contributed by atoms with Gasteiger partial charge in [0.25, 0.3) is 0 Å². The third kappa shape index (κ3) is 4.28. The maximum Gasteiger partial charge on any atom is 0.323 e. The molecule has 0 unspecified atom stereocenters. The number of amides is 2. The number of hydrogen-bond donors (Lipinski definition) is 2. The summed E-state index contributed by atoms with van der Waals surface area (Å²) in [6.45, 7) is 1.93. The highest BCUT2D eigenvalue weighted by Gasteiger charge is 2.11. The quantitative estimate of drug-likeness (QED) is 0.841. The third-order valence-electron chi connectivity index (χ3n) is 3.41. The van der Waals surface area contributed by atoms with Crippen molar-refractivity contribution >= 4 is 23.3 Å². The summed E-state index contributed by atoms with van der Waals surface area (Å²) in [5.74, 6) is 0.620. The minimum absolute atomic E-state index is 0.242. The number of urea groups is 1. The molecule has 1 fully saturated rings. The fourth-order valence-electron chi connectivity index (χ4n) is 2.25. The van der Waals surface area contributed by atoms with Crippen LogP contribution in [-0.4, -0.2) is 6.03 Å². The van der Waals surface area contributed by atoms with Crippen LogP contribution >= 0.6 is 11.6 Å². The lowest BCUT2D eigenvalue weighted by atomic mass is 10.1. The number of benzene rings is 1. The molecule has 2 amide bonds. The Hall–Kier alpha value is -1.48. The van der Waals surface area contributed by atoms with Crippen molar-refractivity contribution in [1.82, 2.24) is 5.32 Å². The SMILES string of the molecule is Cc1ccc(NC(=O)N/C=C/C2CCCC2)cc1Cl. The molecular formula is C15H19ClN2O. The van der Waals surface area contributed by atoms with E-state index in [2.05, 4.69) is 16.7 Å². The van der Waals surface area contributed by atoms with E-state index >= 15 is 0 Å². The molecule has 0 aliphatic heterocycles. The van der Waals surface area contributed by atoms with Crippen LogP contribution in [0.1, 0.15) is 31.2 Å². The highest BCUT2D eigenvalue weighted by molar-refractivity contribution is 6.31. The van der Waals surface area contributed by atoms with Gasteiger partial charge in [0, 0.05) is 16.9 Å². The third-order valence-corrected chi connectivity index (χ3v) is 3.82. The van der Waals surface area contributed by atoms with Gasteiger partial charge in [-0.15, -0.1) is 0 Å². The lowest BCUT2D eigenvalue weighted by molar-refractivity contribution is 0.255. The summed E-state index contributed by atoms with van der Waals surface area (Å²) in [4.78, 5) is 11.7. The van der Waals surface area contributed by atoms with E-state index in [1.54, 1.807) is 12.3 Å². The largest absolute Gasteiger partial charge is 0.323 e. The van der Waals surface area contributed by atoms with E-state index in [1.165, 1.54) is 25.7 Å². The topological polar surface area (TPSA) is 41.1 Å². The van der Waals surface area contributed by atoms with Crippen LogP contribution in [0.5, 0.6) is 0 Å². The summed E-state index contributed by atoms with van der Waals surface area (Å²) in [5.41, 5.74) is 1.69. The van der Waals surface area contributed by atoms with Crippen LogP contribution in [0, 0.1) is 12.8 Å². The number of nitrogens with one attached hydrogen (secondary N) is 2. The Kier molecular flexibility index (Phi) is 4.86. The van der Waals surface area contributed by atoms with Crippen LogP contribution in [0.25, 0.3) is 0 Å². The molecule has 2 rings (SSSR count). The molecule has 0 atom stereocenters. The Labute approximate surface area is 119 Å². The molecule has 1 aromatic rings. The van der Waals surface area contributed by atoms with Crippen molar-refractivity contribution in [2.45, 2.75) is 32.6 Å². The Bertz CT molecular complexity index is 479. The average Bonchev–Trinajstić information content (AvgIpc) is 2.87. The van der Waals surface area contributed by atoms with Gasteiger partial charge in [0.15, 0.2) is 0 Å². The minimum Gasteiger partial charge on any atom is -0.315 e. The molecule has 3 nitrogen and oxygen atoms in total. The molecule has 0 aromatic heterocycles. The van der Waals surface area contributed by atoms with Crippen LogP contribution in [0.4, 0.5) is 10.5 Å². The Morgan fingerprint density at radius 1 is 1.37 bits per heavy atom. The van der Waals surface area contributed by atoms with Crippen LogP contribution in [-0.2, 0) is 0 Å². The standard InChI is InChI=1S/C15H19ClN2O/c1-11-6-7-13(10-14(11)16)18-15(19)17-9-8-12-4-2-3-5-12/h6-10,12H,2-5H2,1H3,(H2,17,18,19)/b9-8+. The maximum atomic E-state index is 11.7. The number of hydrogen-bond acceptors (Lipinski definition) is 1. The van der Waals surface area contributed by atoms with Crippen LogP contribution in [0.3, 0.4) is 0 Å². The monoisotopic (exact) mass is 278 g/mol. The number of rotatable bonds is 3. The number of aryl methyl sites for hydroxylation is 1. The first kappa shape index (κ1) is 13.9. The van der Waals surface area contributed by atoms with E-state index in [9.17, 15) is 4.79 Å². The van der Waals surface area contributed by atoms with E-state index in [0.717, 1.165) is 5.56 Å². The van der Waals surface area contributed by atoms with E-state index < -0.39 is 0 Å². The molecule has 1 aromatic carbocycles. The smallest absolute Gasteiger partial charge is 0.315 e. The predicted molar refractivity (Wildman–Crippen MR) is 79.4 cm³/mol. The van der Waals surface area contributed by atoms with Crippen molar-refractivity contribution < 1.29 is 4.79 Å². The molecule has 1 aliphatic rings. The predicted octanol–water partition coefficient (Wildman–Crippen LogP) is 4.47. The normalized spacial score (nSPS) is 15.9. The second kappa shape index (κ2) is 6.62. The second-order valence-electron chi connectivity index (χ2n) is 4.97. The summed E-state index contributed by atoms with van der Waals surface area (Å²) in [6.07, 6.45) is 8.86. The number of anilines is 1. The molecular weight excluding hydrogens is 260 g/mol. The zero-order valence-electron chi connectivity index (χ0n) is 11.1. The fraction of sp³-hybridized carbons (Fsp3) is 0.400. The first-order chi connectivity index (χ1) is 9.15. The van der Waals surface area contributed by atoms with Gasteiger partial charge < -0.3 is 10.6 Å². The molecule has 0 heterocycles. The summed E-state index contributed by atoms with van der Waals surface area (Å²) >= 11 is 6.00. The first-order valence-electron chi connectivity index (χ1n) is 6.65. The zero-order valence-corrected chi connectivity index (χ0v) is 11.8. The molecule has 0 radical (unpaired) electrons. The Morgan fingerprint density at radius 2 is 2.11 bits per heavy atom. The molecule has 0 spiro atoms. The molecule has 4 heteroatoms. The number of halogens is 1. The van der Waals surface area contributed by atoms with Crippen molar-refractivity contribution in [2.75, 3.05) is 5.32 Å². The van der Waals surface area contributed by atoms with E-state index in [4.69, 9.17) is 11.6 Å². The van der Waals surface area contributed by atoms with Gasteiger partial charge in [0.05, 0.1) is 0 Å². The van der Waals surface area contributed by atoms with Gasteiger partial charge in [-0.05, 0) is 43.4 Å². The lowest BCUT2D eigenvalue weighted by Gasteiger charge is -2.07. The van der Waals surface area contributed by atoms with Crippen LogP contribution in [0.15, 0.2) is 30.5 Å². The van der Waals surface area contributed by atoms with Gasteiger partial charge in [0.1, 0.15) is 0 Å². The molecule has 2 N–H and O–H groups in total. The second-order valence-corrected chi connectivity index (χ2v) is 5.37. The van der Waals surface area contributed by atoms with E-state index in [-0.39, 0.29) is 6.03 Å². The number of carbonyl (C=O) groups is 1. The molecule has 102 valence electrons. The van der Waals surface area contributed by atoms with Gasteiger partial charge in [-0.2, -0.15) is 0 Å². The molecule has 0 saturated heterocycles. The summed E-state index contributed by atoms with van der Waals surface area (Å²) in [7, 11) is 0. The van der Waals surface area contributed by atoms with E-state index in [1.807, 2.05) is 19.1 Å². The zero-order chi connectivity index (χ0) is 13.7. The number of carbonyl (C=O) groups excluding carboxylic acids is 1. The van der Waals surface area contributed by atoms with E-state index in [0.29, 0.717) is 16.6 Å². The maximum absolute atomic E-state index is 11.7. The van der Waals surface area contributed by atoms with Crippen molar-refractivity contribution in [1.29, 1.82) is 0 Å². The highest BCUT2D eigenvalue weighted by atomic mass is 35.5. The first-order valence-corrected chi connectivity index (χ1v) is 7.03. The Balaban J connectivity index is 1.81. The van der Waals surface area contributed by atoms with Crippen LogP contribution in [0.2, 0.25) is 5.02 Å². The fourth-order valence-corrected chi connectivity index (χ4v) is 2.43. The molecule has 1 aliphatic carbocycles. The summed E-state index contributed by atoms with van der Waals surface area (Å²) in [5, 5.41) is 6.12. The van der Waals surface area contributed by atoms with Gasteiger partial charge >= 0.3 is 6.03 Å². The van der Waals surface area contributed by atoms with Gasteiger partial charge in [-0.1, -0.05) is 36.6 Å². The number of allylic oxidation sites excluding steroid dienone is 1. The van der Waals surface area contributed by atoms with Crippen molar-refractivity contribution in [3.8, 4) is 0 Å².